The van der Waals surface area contributed by atoms with E-state index < -0.39 is 34.7 Å². The normalized spacial score (nSPS) is 18.2. The van der Waals surface area contributed by atoms with Crippen LogP contribution in [0.2, 0.25) is 0 Å². The van der Waals surface area contributed by atoms with Gasteiger partial charge < -0.3 is 10.4 Å². The Morgan fingerprint density at radius 2 is 1.86 bits per heavy atom. The van der Waals surface area contributed by atoms with Gasteiger partial charge in [0.15, 0.2) is 17.4 Å². The number of hydrogen-bond donors (Lipinski definition) is 2. The second kappa shape index (κ2) is 9.09. The molecule has 4 aromatic rings. The Labute approximate surface area is 199 Å². The number of hydrogen-bond acceptors (Lipinski definition) is 4. The van der Waals surface area contributed by atoms with Crippen molar-refractivity contribution in [2.75, 3.05) is 6.54 Å². The number of phenols is 1. The maximum Gasteiger partial charge on any atom is 0.254 e. The minimum Gasteiger partial charge on any atom is -0.503 e. The molecule has 1 saturated carbocycles. The molecular formula is C25H24F3N5O2. The van der Waals surface area contributed by atoms with Crippen molar-refractivity contribution < 1.29 is 23.1 Å². The first-order valence-electron chi connectivity index (χ1n) is 11.5. The van der Waals surface area contributed by atoms with Gasteiger partial charge >= 0.3 is 0 Å². The molecule has 0 unspecified atom stereocenters. The Bertz CT molecular complexity index is 1410. The smallest absolute Gasteiger partial charge is 0.254 e. The van der Waals surface area contributed by atoms with Crippen LogP contribution in [0.25, 0.3) is 16.6 Å². The van der Waals surface area contributed by atoms with Gasteiger partial charge in [-0.05, 0) is 68.9 Å². The van der Waals surface area contributed by atoms with E-state index in [1.165, 1.54) is 0 Å². The molecule has 182 valence electrons. The molecule has 2 aromatic heterocycles. The van der Waals surface area contributed by atoms with Crippen LogP contribution in [0.15, 0.2) is 42.7 Å². The molecule has 0 saturated heterocycles. The number of nitrogens with one attached hydrogen (secondary N) is 1. The van der Waals surface area contributed by atoms with Gasteiger partial charge in [-0.15, -0.1) is 0 Å². The van der Waals surface area contributed by atoms with Crippen molar-refractivity contribution in [2.45, 2.75) is 38.6 Å². The zero-order valence-electron chi connectivity index (χ0n) is 19.0. The summed E-state index contributed by atoms with van der Waals surface area (Å²) in [5.74, 6) is -6.91. The molecule has 0 radical (unpaired) electrons. The number of carbonyl (C=O) groups is 1. The highest BCUT2D eigenvalue weighted by Gasteiger charge is 2.26. The maximum absolute atomic E-state index is 13.9. The average molecular weight is 483 g/mol. The summed E-state index contributed by atoms with van der Waals surface area (Å²) in [4.78, 5) is 12.3. The minimum absolute atomic E-state index is 0.157. The van der Waals surface area contributed by atoms with Gasteiger partial charge in [-0.2, -0.15) is 14.6 Å². The monoisotopic (exact) mass is 483 g/mol. The van der Waals surface area contributed by atoms with E-state index in [-0.39, 0.29) is 18.5 Å². The molecule has 0 aliphatic heterocycles. The highest BCUT2D eigenvalue weighted by atomic mass is 19.2. The van der Waals surface area contributed by atoms with E-state index >= 15 is 0 Å². The number of amides is 1. The van der Waals surface area contributed by atoms with Gasteiger partial charge in [-0.3, -0.25) is 9.48 Å². The molecule has 10 heteroatoms. The van der Waals surface area contributed by atoms with Gasteiger partial charge in [0.2, 0.25) is 5.82 Å². The number of benzene rings is 2. The zero-order valence-corrected chi connectivity index (χ0v) is 19.0. The average Bonchev–Trinajstić information content (AvgIpc) is 3.49. The highest BCUT2D eigenvalue weighted by Crippen LogP contribution is 2.33. The molecule has 2 N–H and O–H groups in total. The van der Waals surface area contributed by atoms with Crippen molar-refractivity contribution in [3.63, 3.8) is 0 Å². The van der Waals surface area contributed by atoms with Crippen LogP contribution in [0, 0.1) is 30.3 Å². The van der Waals surface area contributed by atoms with Crippen LogP contribution in [0.3, 0.4) is 0 Å². The molecule has 2 aromatic carbocycles. The van der Waals surface area contributed by atoms with E-state index in [9.17, 15) is 18.0 Å². The summed E-state index contributed by atoms with van der Waals surface area (Å²) in [6.45, 7) is 2.21. The Morgan fingerprint density at radius 1 is 1.09 bits per heavy atom. The fourth-order valence-electron chi connectivity index (χ4n) is 4.61. The van der Waals surface area contributed by atoms with Gasteiger partial charge in [0.1, 0.15) is 0 Å². The molecule has 0 atom stereocenters. The van der Waals surface area contributed by atoms with Crippen LogP contribution in [-0.2, 0) is 0 Å². The standard InChI is InChI=1S/C25H24F3N5O2/c1-14-8-9-32(30-14)18-7-4-16-13-33(31-21(16)10-18)17-5-2-15(3-6-17)12-29-25(35)19-11-20(26)24(34)23(28)22(19)27/h4,7-11,13,15,17,34H,2-3,5-6,12H2,1H3,(H,29,35)/t15-,17-. The first-order chi connectivity index (χ1) is 16.8. The Hall–Kier alpha value is -3.82. The molecule has 0 spiro atoms. The number of aromatic hydroxyl groups is 1. The molecule has 1 aliphatic carbocycles. The maximum atomic E-state index is 13.9. The van der Waals surface area contributed by atoms with E-state index in [0.29, 0.717) is 6.07 Å². The molecule has 35 heavy (non-hydrogen) atoms. The fraction of sp³-hybridized carbons (Fsp3) is 0.320. The van der Waals surface area contributed by atoms with Crippen LogP contribution >= 0.6 is 0 Å². The van der Waals surface area contributed by atoms with Crippen molar-refractivity contribution in [2.24, 2.45) is 5.92 Å². The summed E-state index contributed by atoms with van der Waals surface area (Å²) in [5.41, 5.74) is 2.01. The number of fused-ring (bicyclic) bond motifs is 1. The van der Waals surface area contributed by atoms with Gasteiger partial charge in [0.25, 0.3) is 5.91 Å². The highest BCUT2D eigenvalue weighted by molar-refractivity contribution is 5.94. The summed E-state index contributed by atoms with van der Waals surface area (Å²) in [7, 11) is 0. The molecule has 1 fully saturated rings. The summed E-state index contributed by atoms with van der Waals surface area (Å²) in [6.07, 6.45) is 7.31. The number of nitrogens with zero attached hydrogens (tertiary/aromatic N) is 4. The van der Waals surface area contributed by atoms with E-state index in [0.717, 1.165) is 48.0 Å². The predicted molar refractivity (Wildman–Crippen MR) is 123 cm³/mol. The first-order valence-corrected chi connectivity index (χ1v) is 11.5. The zero-order chi connectivity index (χ0) is 24.7. The second-order valence-electron chi connectivity index (χ2n) is 9.02. The van der Waals surface area contributed by atoms with E-state index in [1.54, 1.807) is 0 Å². The third-order valence-electron chi connectivity index (χ3n) is 6.62. The van der Waals surface area contributed by atoms with E-state index in [1.807, 2.05) is 52.9 Å². The molecule has 2 heterocycles. The summed E-state index contributed by atoms with van der Waals surface area (Å²) >= 11 is 0. The molecule has 1 amide bonds. The number of aryl methyl sites for hydroxylation is 1. The molecule has 7 nitrogen and oxygen atoms in total. The van der Waals surface area contributed by atoms with Crippen molar-refractivity contribution >= 4 is 16.8 Å². The molecular weight excluding hydrogens is 459 g/mol. The quantitative estimate of drug-likeness (QED) is 0.399. The van der Waals surface area contributed by atoms with Crippen molar-refractivity contribution in [1.29, 1.82) is 0 Å². The van der Waals surface area contributed by atoms with Crippen molar-refractivity contribution in [1.82, 2.24) is 24.9 Å². The summed E-state index contributed by atoms with van der Waals surface area (Å²) in [5, 5.41) is 21.9. The summed E-state index contributed by atoms with van der Waals surface area (Å²) < 4.78 is 44.8. The Morgan fingerprint density at radius 3 is 2.57 bits per heavy atom. The van der Waals surface area contributed by atoms with Crippen LogP contribution in [0.5, 0.6) is 5.75 Å². The van der Waals surface area contributed by atoms with Gasteiger partial charge in [-0.1, -0.05) is 0 Å². The number of phenolic OH excluding ortho intramolecular Hbond substituents is 1. The lowest BCUT2D eigenvalue weighted by Crippen LogP contribution is -2.32. The minimum atomic E-state index is -1.77. The third-order valence-corrected chi connectivity index (χ3v) is 6.62. The van der Waals surface area contributed by atoms with Gasteiger partial charge in [0.05, 0.1) is 28.5 Å². The lowest BCUT2D eigenvalue weighted by Gasteiger charge is -2.28. The SMILES string of the molecule is Cc1ccn(-c2ccc3cn([C@H]4CC[C@H](CNC(=O)c5cc(F)c(O)c(F)c5F)CC4)nc3c2)n1. The topological polar surface area (TPSA) is 85.0 Å². The van der Waals surface area contributed by atoms with E-state index in [2.05, 4.69) is 10.4 Å². The van der Waals surface area contributed by atoms with Crippen LogP contribution < -0.4 is 5.32 Å². The predicted octanol–water partition coefficient (Wildman–Crippen LogP) is 4.81. The fourth-order valence-corrected chi connectivity index (χ4v) is 4.61. The lowest BCUT2D eigenvalue weighted by atomic mass is 9.86. The van der Waals surface area contributed by atoms with Gasteiger partial charge in [0, 0.05) is 24.3 Å². The third kappa shape index (κ3) is 4.48. The van der Waals surface area contributed by atoms with Crippen molar-refractivity contribution in [3.8, 4) is 11.4 Å². The number of aromatic nitrogens is 4. The molecule has 1 aliphatic rings. The largest absolute Gasteiger partial charge is 0.503 e. The number of rotatable bonds is 5. The lowest BCUT2D eigenvalue weighted by molar-refractivity contribution is 0.0935. The van der Waals surface area contributed by atoms with Crippen LogP contribution in [0.4, 0.5) is 13.2 Å². The first kappa shape index (κ1) is 22.9. The van der Waals surface area contributed by atoms with E-state index in [4.69, 9.17) is 10.2 Å². The Balaban J connectivity index is 1.19. The summed E-state index contributed by atoms with van der Waals surface area (Å²) in [6, 6.07) is 8.72. The molecule has 5 rings (SSSR count). The van der Waals surface area contributed by atoms with Crippen LogP contribution in [-0.4, -0.2) is 37.1 Å². The van der Waals surface area contributed by atoms with Crippen molar-refractivity contribution in [3.05, 3.63) is 71.4 Å². The van der Waals surface area contributed by atoms with Crippen LogP contribution in [0.1, 0.15) is 47.8 Å². The Kier molecular flexibility index (Phi) is 5.96. The molecule has 0 bridgehead atoms. The number of halogens is 3. The number of carbonyl (C=O) groups excluding carboxylic acids is 1. The van der Waals surface area contributed by atoms with Gasteiger partial charge in [-0.25, -0.2) is 13.5 Å². The second-order valence-corrected chi connectivity index (χ2v) is 9.02.